The van der Waals surface area contributed by atoms with Crippen LogP contribution in [0.5, 0.6) is 0 Å². The Bertz CT molecular complexity index is 427. The molecular weight excluding hydrogens is 248 g/mol. The molecule has 0 N–H and O–H groups in total. The van der Waals surface area contributed by atoms with Crippen LogP contribution in [0, 0.1) is 5.92 Å². The summed E-state index contributed by atoms with van der Waals surface area (Å²) < 4.78 is 9.63. The molecular formula is C13H16N2O4. The highest BCUT2D eigenvalue weighted by atomic mass is 16.6. The van der Waals surface area contributed by atoms with E-state index < -0.39 is 17.9 Å². The van der Waals surface area contributed by atoms with Crippen molar-refractivity contribution >= 4 is 23.8 Å². The van der Waals surface area contributed by atoms with Crippen molar-refractivity contribution in [1.82, 2.24) is 4.98 Å². The van der Waals surface area contributed by atoms with Gasteiger partial charge in [-0.2, -0.15) is 0 Å². The molecule has 0 bridgehead atoms. The van der Waals surface area contributed by atoms with Crippen molar-refractivity contribution in [2.24, 2.45) is 10.9 Å². The van der Waals surface area contributed by atoms with Gasteiger partial charge in [-0.25, -0.2) is 0 Å². The van der Waals surface area contributed by atoms with Crippen LogP contribution in [0.25, 0.3) is 0 Å². The van der Waals surface area contributed by atoms with Crippen LogP contribution in [0.3, 0.4) is 0 Å². The van der Waals surface area contributed by atoms with E-state index in [0.29, 0.717) is 5.69 Å². The molecule has 6 nitrogen and oxygen atoms in total. The molecule has 0 aromatic carbocycles. The third-order valence-electron chi connectivity index (χ3n) is 2.12. The Labute approximate surface area is 111 Å². The van der Waals surface area contributed by atoms with Gasteiger partial charge >= 0.3 is 11.9 Å². The van der Waals surface area contributed by atoms with Crippen molar-refractivity contribution in [3.05, 3.63) is 24.5 Å². The van der Waals surface area contributed by atoms with E-state index in [4.69, 9.17) is 9.47 Å². The highest BCUT2D eigenvalue weighted by molar-refractivity contribution is 6.09. The summed E-state index contributed by atoms with van der Waals surface area (Å²) in [5.74, 6) is -2.48. The Balaban J connectivity index is 2.82. The number of aromatic nitrogens is 1. The van der Waals surface area contributed by atoms with Crippen LogP contribution in [0.15, 0.2) is 29.5 Å². The lowest BCUT2D eigenvalue weighted by atomic mass is 10.2. The van der Waals surface area contributed by atoms with Crippen LogP contribution >= 0.6 is 0 Å². The fourth-order valence-electron chi connectivity index (χ4n) is 1.27. The SMILES string of the molecule is CCOC(=O)C(C=Nc1ccncc1)C(=O)OCC. The molecule has 0 unspecified atom stereocenters. The van der Waals surface area contributed by atoms with Gasteiger partial charge in [-0.15, -0.1) is 0 Å². The van der Waals surface area contributed by atoms with Gasteiger partial charge in [0.15, 0.2) is 5.92 Å². The van der Waals surface area contributed by atoms with Gasteiger partial charge < -0.3 is 9.47 Å². The minimum absolute atomic E-state index is 0.192. The second-order valence-electron chi connectivity index (χ2n) is 3.47. The zero-order chi connectivity index (χ0) is 14.1. The summed E-state index contributed by atoms with van der Waals surface area (Å²) in [6, 6.07) is 3.31. The molecule has 0 saturated heterocycles. The summed E-state index contributed by atoms with van der Waals surface area (Å²) in [7, 11) is 0. The molecule has 0 saturated carbocycles. The molecule has 0 radical (unpaired) electrons. The van der Waals surface area contributed by atoms with Crippen molar-refractivity contribution in [2.45, 2.75) is 13.8 Å². The first-order valence-electron chi connectivity index (χ1n) is 5.96. The lowest BCUT2D eigenvalue weighted by Crippen LogP contribution is -2.29. The van der Waals surface area contributed by atoms with Crippen molar-refractivity contribution in [3.63, 3.8) is 0 Å². The van der Waals surface area contributed by atoms with Crippen LogP contribution in [-0.2, 0) is 19.1 Å². The minimum Gasteiger partial charge on any atom is -0.465 e. The number of carbonyl (C=O) groups is 2. The predicted molar refractivity (Wildman–Crippen MR) is 69.1 cm³/mol. The topological polar surface area (TPSA) is 77.9 Å². The normalized spacial score (nSPS) is 10.7. The van der Waals surface area contributed by atoms with E-state index in [1.165, 1.54) is 6.21 Å². The second kappa shape index (κ2) is 7.97. The Kier molecular flexibility index (Phi) is 6.21. The molecule has 0 aliphatic heterocycles. The van der Waals surface area contributed by atoms with Crippen LogP contribution in [0.4, 0.5) is 5.69 Å². The molecule has 19 heavy (non-hydrogen) atoms. The monoisotopic (exact) mass is 264 g/mol. The zero-order valence-electron chi connectivity index (χ0n) is 10.9. The largest absolute Gasteiger partial charge is 0.465 e. The van der Waals surface area contributed by atoms with E-state index in [0.717, 1.165) is 0 Å². The predicted octanol–water partition coefficient (Wildman–Crippen LogP) is 1.53. The Morgan fingerprint density at radius 3 is 2.21 bits per heavy atom. The zero-order valence-corrected chi connectivity index (χ0v) is 10.9. The molecule has 0 fully saturated rings. The number of esters is 2. The van der Waals surface area contributed by atoms with Crippen molar-refractivity contribution in [3.8, 4) is 0 Å². The number of carbonyl (C=O) groups excluding carboxylic acids is 2. The molecule has 0 amide bonds. The summed E-state index contributed by atoms with van der Waals surface area (Å²) in [6.07, 6.45) is 4.36. The van der Waals surface area contributed by atoms with Crippen molar-refractivity contribution in [2.75, 3.05) is 13.2 Å². The van der Waals surface area contributed by atoms with Gasteiger partial charge in [0, 0.05) is 18.6 Å². The van der Waals surface area contributed by atoms with Gasteiger partial charge in [0.25, 0.3) is 0 Å². The maximum absolute atomic E-state index is 11.7. The van der Waals surface area contributed by atoms with Gasteiger partial charge in [0.05, 0.1) is 18.9 Å². The lowest BCUT2D eigenvalue weighted by Gasteiger charge is -2.09. The average molecular weight is 264 g/mol. The highest BCUT2D eigenvalue weighted by Crippen LogP contribution is 2.10. The van der Waals surface area contributed by atoms with Gasteiger partial charge in [0.1, 0.15) is 0 Å². The number of hydrogen-bond donors (Lipinski definition) is 0. The summed E-state index contributed by atoms with van der Waals surface area (Å²) in [5, 5.41) is 0. The summed E-state index contributed by atoms with van der Waals surface area (Å²) in [4.78, 5) is 31.2. The van der Waals surface area contributed by atoms with Crippen LogP contribution < -0.4 is 0 Å². The molecule has 0 aliphatic carbocycles. The van der Waals surface area contributed by atoms with Crippen LogP contribution in [0.1, 0.15) is 13.8 Å². The number of hydrogen-bond acceptors (Lipinski definition) is 6. The van der Waals surface area contributed by atoms with Gasteiger partial charge in [-0.1, -0.05) is 0 Å². The number of ether oxygens (including phenoxy) is 2. The molecule has 0 spiro atoms. The molecule has 6 heteroatoms. The van der Waals surface area contributed by atoms with Gasteiger partial charge in [0.2, 0.25) is 0 Å². The lowest BCUT2D eigenvalue weighted by molar-refractivity contribution is -0.157. The fourth-order valence-corrected chi connectivity index (χ4v) is 1.27. The van der Waals surface area contributed by atoms with E-state index in [-0.39, 0.29) is 13.2 Å². The van der Waals surface area contributed by atoms with Crippen LogP contribution in [0.2, 0.25) is 0 Å². The molecule has 1 aromatic rings. The third-order valence-corrected chi connectivity index (χ3v) is 2.12. The number of aliphatic imine (C=N–C) groups is 1. The van der Waals surface area contributed by atoms with E-state index >= 15 is 0 Å². The van der Waals surface area contributed by atoms with E-state index in [9.17, 15) is 9.59 Å². The molecule has 0 aliphatic rings. The number of nitrogens with zero attached hydrogens (tertiary/aromatic N) is 2. The van der Waals surface area contributed by atoms with Crippen molar-refractivity contribution in [1.29, 1.82) is 0 Å². The quantitative estimate of drug-likeness (QED) is 0.442. The van der Waals surface area contributed by atoms with E-state index in [1.54, 1.807) is 38.4 Å². The van der Waals surface area contributed by atoms with E-state index in [2.05, 4.69) is 9.98 Å². The van der Waals surface area contributed by atoms with Gasteiger partial charge in [-0.3, -0.25) is 19.6 Å². The van der Waals surface area contributed by atoms with Crippen molar-refractivity contribution < 1.29 is 19.1 Å². The number of pyridine rings is 1. The highest BCUT2D eigenvalue weighted by Gasteiger charge is 2.27. The smallest absolute Gasteiger partial charge is 0.325 e. The Morgan fingerprint density at radius 1 is 1.21 bits per heavy atom. The number of rotatable bonds is 6. The first-order valence-corrected chi connectivity index (χ1v) is 5.96. The Morgan fingerprint density at radius 2 is 1.74 bits per heavy atom. The summed E-state index contributed by atoms with van der Waals surface area (Å²) in [5.41, 5.74) is 0.591. The maximum atomic E-state index is 11.7. The third kappa shape index (κ3) is 4.87. The van der Waals surface area contributed by atoms with Gasteiger partial charge in [-0.05, 0) is 26.0 Å². The molecule has 1 heterocycles. The first-order chi connectivity index (χ1) is 9.19. The van der Waals surface area contributed by atoms with E-state index in [1.807, 2.05) is 0 Å². The van der Waals surface area contributed by atoms with Crippen LogP contribution in [-0.4, -0.2) is 36.4 Å². The molecule has 1 aromatic heterocycles. The standard InChI is InChI=1S/C13H16N2O4/c1-3-18-12(16)11(13(17)19-4-2)9-15-10-5-7-14-8-6-10/h5-9,11H,3-4H2,1-2H3. The molecule has 102 valence electrons. The minimum atomic E-state index is -1.15. The fraction of sp³-hybridized carbons (Fsp3) is 0.385. The molecule has 1 rings (SSSR count). The maximum Gasteiger partial charge on any atom is 0.325 e. The first kappa shape index (κ1) is 14.8. The summed E-state index contributed by atoms with van der Waals surface area (Å²) in [6.45, 7) is 3.72. The second-order valence-corrected chi connectivity index (χ2v) is 3.47. The Hall–Kier alpha value is -2.24. The average Bonchev–Trinajstić information content (AvgIpc) is 2.41. The summed E-state index contributed by atoms with van der Waals surface area (Å²) >= 11 is 0. The molecule has 0 atom stereocenters.